The smallest absolute Gasteiger partial charge is 0.0429 e. The van der Waals surface area contributed by atoms with Gasteiger partial charge in [-0.05, 0) is 22.0 Å². The highest BCUT2D eigenvalue weighted by Gasteiger charge is 2.21. The lowest BCUT2D eigenvalue weighted by molar-refractivity contribution is 0.482. The maximum Gasteiger partial charge on any atom is 0.0429 e. The minimum atomic E-state index is 0.163. The Balaban J connectivity index is 2.68. The summed E-state index contributed by atoms with van der Waals surface area (Å²) >= 11 is 5.24. The van der Waals surface area contributed by atoms with E-state index in [4.69, 9.17) is 5.73 Å². The van der Waals surface area contributed by atoms with Gasteiger partial charge in [0.25, 0.3) is 0 Å². The first kappa shape index (κ1) is 11.2. The highest BCUT2D eigenvalue weighted by molar-refractivity contribution is 9.10. The van der Waals surface area contributed by atoms with Gasteiger partial charge in [-0.3, -0.25) is 0 Å². The van der Waals surface area contributed by atoms with E-state index in [-0.39, 0.29) is 5.41 Å². The minimum absolute atomic E-state index is 0.163. The second kappa shape index (κ2) is 4.55. The molecular formula is C9H15BrN2S. The zero-order valence-electron chi connectivity index (χ0n) is 7.93. The van der Waals surface area contributed by atoms with E-state index in [1.165, 1.54) is 4.88 Å². The fraction of sp³-hybridized carbons (Fsp3) is 0.556. The van der Waals surface area contributed by atoms with E-state index in [1.54, 1.807) is 11.3 Å². The molecule has 74 valence electrons. The molecule has 0 atom stereocenters. The average molecular weight is 263 g/mol. The Morgan fingerprint density at radius 3 is 2.77 bits per heavy atom. The first-order valence-electron chi connectivity index (χ1n) is 4.21. The molecule has 0 fully saturated rings. The molecule has 1 heterocycles. The van der Waals surface area contributed by atoms with Gasteiger partial charge in [0.15, 0.2) is 0 Å². The van der Waals surface area contributed by atoms with Gasteiger partial charge in [-0.15, -0.1) is 11.3 Å². The van der Waals surface area contributed by atoms with Crippen molar-refractivity contribution >= 4 is 27.3 Å². The lowest BCUT2D eigenvalue weighted by atomic mass is 9.91. The molecule has 0 aliphatic rings. The van der Waals surface area contributed by atoms with Crippen LogP contribution in [0.3, 0.4) is 0 Å². The van der Waals surface area contributed by atoms with Crippen molar-refractivity contribution in [1.82, 2.24) is 5.32 Å². The van der Waals surface area contributed by atoms with Crippen molar-refractivity contribution in [1.29, 1.82) is 0 Å². The molecule has 0 bridgehead atoms. The Morgan fingerprint density at radius 1 is 1.62 bits per heavy atom. The standard InChI is InChI=1S/C9H15BrN2S/c1-9(2,5-12-6-11)8-3-7(10)4-13-8/h3-4,12H,5-6,11H2,1-2H3. The molecule has 1 aromatic rings. The van der Waals surface area contributed by atoms with Gasteiger partial charge < -0.3 is 11.1 Å². The highest BCUT2D eigenvalue weighted by Crippen LogP contribution is 2.30. The number of hydrogen-bond donors (Lipinski definition) is 2. The number of nitrogens with one attached hydrogen (secondary N) is 1. The van der Waals surface area contributed by atoms with Gasteiger partial charge >= 0.3 is 0 Å². The Bertz CT molecular complexity index is 270. The van der Waals surface area contributed by atoms with Crippen LogP contribution in [0.25, 0.3) is 0 Å². The van der Waals surface area contributed by atoms with Crippen LogP contribution < -0.4 is 11.1 Å². The predicted molar refractivity (Wildman–Crippen MR) is 62.1 cm³/mol. The Labute approximate surface area is 91.7 Å². The predicted octanol–water partition coefficient (Wildman–Crippen LogP) is 2.29. The van der Waals surface area contributed by atoms with Crippen molar-refractivity contribution in [2.75, 3.05) is 13.2 Å². The molecule has 1 aromatic heterocycles. The third-order valence-electron chi connectivity index (χ3n) is 1.95. The van der Waals surface area contributed by atoms with Crippen molar-refractivity contribution in [2.24, 2.45) is 5.73 Å². The van der Waals surface area contributed by atoms with Gasteiger partial charge in [0, 0.05) is 33.4 Å². The van der Waals surface area contributed by atoms with Crippen LogP contribution in [0.4, 0.5) is 0 Å². The Morgan fingerprint density at radius 2 is 2.31 bits per heavy atom. The zero-order valence-corrected chi connectivity index (χ0v) is 10.3. The van der Waals surface area contributed by atoms with Crippen molar-refractivity contribution in [2.45, 2.75) is 19.3 Å². The summed E-state index contributed by atoms with van der Waals surface area (Å²) in [5.74, 6) is 0. The number of halogens is 1. The first-order chi connectivity index (χ1) is 6.06. The van der Waals surface area contributed by atoms with Crippen molar-refractivity contribution in [3.63, 3.8) is 0 Å². The Hall–Kier alpha value is 0.1000. The van der Waals surface area contributed by atoms with Crippen LogP contribution in [0.2, 0.25) is 0 Å². The summed E-state index contributed by atoms with van der Waals surface area (Å²) in [4.78, 5) is 1.38. The summed E-state index contributed by atoms with van der Waals surface area (Å²) < 4.78 is 1.16. The summed E-state index contributed by atoms with van der Waals surface area (Å²) in [5.41, 5.74) is 5.56. The van der Waals surface area contributed by atoms with Crippen LogP contribution in [0, 0.1) is 0 Å². The highest BCUT2D eigenvalue weighted by atomic mass is 79.9. The van der Waals surface area contributed by atoms with Gasteiger partial charge in [0.2, 0.25) is 0 Å². The van der Waals surface area contributed by atoms with Crippen LogP contribution in [0.15, 0.2) is 15.9 Å². The molecule has 0 aromatic carbocycles. The molecule has 4 heteroatoms. The van der Waals surface area contributed by atoms with Crippen molar-refractivity contribution < 1.29 is 0 Å². The van der Waals surface area contributed by atoms with E-state index >= 15 is 0 Å². The maximum absolute atomic E-state index is 5.40. The summed E-state index contributed by atoms with van der Waals surface area (Å²) in [6.07, 6.45) is 0. The molecule has 0 aliphatic carbocycles. The molecule has 3 N–H and O–H groups in total. The molecule has 0 spiro atoms. The van der Waals surface area contributed by atoms with Gasteiger partial charge in [-0.1, -0.05) is 13.8 Å². The SMILES string of the molecule is CC(C)(CNCN)c1cc(Br)cs1. The summed E-state index contributed by atoms with van der Waals surface area (Å²) in [6, 6.07) is 2.17. The van der Waals surface area contributed by atoms with Gasteiger partial charge in [-0.25, -0.2) is 0 Å². The van der Waals surface area contributed by atoms with Crippen molar-refractivity contribution in [3.8, 4) is 0 Å². The van der Waals surface area contributed by atoms with E-state index in [9.17, 15) is 0 Å². The number of nitrogens with two attached hydrogens (primary N) is 1. The van der Waals surface area contributed by atoms with Crippen LogP contribution in [0.1, 0.15) is 18.7 Å². The molecule has 0 amide bonds. The molecule has 2 nitrogen and oxygen atoms in total. The zero-order chi connectivity index (χ0) is 9.90. The quantitative estimate of drug-likeness (QED) is 0.818. The molecule has 13 heavy (non-hydrogen) atoms. The monoisotopic (exact) mass is 262 g/mol. The van der Waals surface area contributed by atoms with Crippen molar-refractivity contribution in [3.05, 3.63) is 20.8 Å². The second-order valence-electron chi connectivity index (χ2n) is 3.64. The fourth-order valence-corrected chi connectivity index (χ4v) is 2.69. The second-order valence-corrected chi connectivity index (χ2v) is 5.47. The van der Waals surface area contributed by atoms with E-state index in [0.717, 1.165) is 11.0 Å². The largest absolute Gasteiger partial charge is 0.318 e. The average Bonchev–Trinajstić information content (AvgIpc) is 2.49. The molecule has 0 aliphatic heterocycles. The van der Waals surface area contributed by atoms with E-state index < -0.39 is 0 Å². The number of thiophene rings is 1. The molecule has 0 radical (unpaired) electrons. The molecule has 1 rings (SSSR count). The van der Waals surface area contributed by atoms with E-state index in [0.29, 0.717) is 6.67 Å². The van der Waals surface area contributed by atoms with E-state index in [2.05, 4.69) is 46.5 Å². The van der Waals surface area contributed by atoms with Gasteiger partial charge in [0.05, 0.1) is 0 Å². The number of rotatable bonds is 4. The topological polar surface area (TPSA) is 38.0 Å². The minimum Gasteiger partial charge on any atom is -0.318 e. The third-order valence-corrected chi connectivity index (χ3v) is 4.00. The van der Waals surface area contributed by atoms with Crippen LogP contribution in [-0.4, -0.2) is 13.2 Å². The maximum atomic E-state index is 5.40. The van der Waals surface area contributed by atoms with Crippen LogP contribution in [-0.2, 0) is 5.41 Å². The fourth-order valence-electron chi connectivity index (χ4n) is 1.14. The van der Waals surface area contributed by atoms with Crippen LogP contribution >= 0.6 is 27.3 Å². The molecule has 0 unspecified atom stereocenters. The normalized spacial score (nSPS) is 12.0. The summed E-state index contributed by atoms with van der Waals surface area (Å²) in [5, 5.41) is 5.28. The van der Waals surface area contributed by atoms with Gasteiger partial charge in [-0.2, -0.15) is 0 Å². The lowest BCUT2D eigenvalue weighted by Crippen LogP contribution is -2.35. The summed E-state index contributed by atoms with van der Waals surface area (Å²) in [6.45, 7) is 5.88. The number of hydrogen-bond acceptors (Lipinski definition) is 3. The molecule has 0 saturated heterocycles. The van der Waals surface area contributed by atoms with Gasteiger partial charge in [0.1, 0.15) is 0 Å². The molecule has 0 saturated carbocycles. The lowest BCUT2D eigenvalue weighted by Gasteiger charge is -2.23. The summed E-state index contributed by atoms with van der Waals surface area (Å²) in [7, 11) is 0. The van der Waals surface area contributed by atoms with Crippen LogP contribution in [0.5, 0.6) is 0 Å². The van der Waals surface area contributed by atoms with E-state index in [1.807, 2.05) is 0 Å². The Kier molecular flexibility index (Phi) is 3.91. The first-order valence-corrected chi connectivity index (χ1v) is 5.89. The molecular weight excluding hydrogens is 248 g/mol. The third kappa shape index (κ3) is 3.06.